The van der Waals surface area contributed by atoms with Gasteiger partial charge in [-0.1, -0.05) is 0 Å². The predicted molar refractivity (Wildman–Crippen MR) is 90.0 cm³/mol. The van der Waals surface area contributed by atoms with Crippen molar-refractivity contribution >= 4 is 11.9 Å². The van der Waals surface area contributed by atoms with Crippen molar-refractivity contribution in [3.05, 3.63) is 53.3 Å². The maximum atomic E-state index is 12.5. The van der Waals surface area contributed by atoms with E-state index in [2.05, 4.69) is 0 Å². The van der Waals surface area contributed by atoms with E-state index in [1.807, 2.05) is 6.07 Å². The van der Waals surface area contributed by atoms with E-state index in [0.717, 1.165) is 0 Å². The van der Waals surface area contributed by atoms with Gasteiger partial charge in [-0.15, -0.1) is 0 Å². The monoisotopic (exact) mass is 337 g/mol. The molecule has 0 saturated heterocycles. The van der Waals surface area contributed by atoms with Crippen LogP contribution >= 0.6 is 0 Å². The number of nitrogens with zero attached hydrogens (tertiary/aromatic N) is 1. The molecule has 2 aromatic rings. The smallest absolute Gasteiger partial charge is 0.231 e. The maximum absolute atomic E-state index is 12.5. The van der Waals surface area contributed by atoms with Crippen LogP contribution in [0.1, 0.15) is 15.9 Å². The lowest BCUT2D eigenvalue weighted by Crippen LogP contribution is -1.99. The lowest BCUT2D eigenvalue weighted by Gasteiger charge is -2.08. The van der Waals surface area contributed by atoms with E-state index in [1.165, 1.54) is 0 Å². The molecular weight excluding hydrogens is 322 g/mol. The number of ketones is 1. The van der Waals surface area contributed by atoms with Gasteiger partial charge >= 0.3 is 0 Å². The summed E-state index contributed by atoms with van der Waals surface area (Å²) < 4.78 is 21.4. The van der Waals surface area contributed by atoms with Crippen molar-refractivity contribution < 1.29 is 23.7 Å². The van der Waals surface area contributed by atoms with Gasteiger partial charge in [0.05, 0.1) is 19.8 Å². The minimum absolute atomic E-state index is 0.0710. The topological polar surface area (TPSA) is 77.8 Å². The molecule has 6 nitrogen and oxygen atoms in total. The van der Waals surface area contributed by atoms with Crippen molar-refractivity contribution in [3.63, 3.8) is 0 Å². The molecule has 0 aliphatic carbocycles. The third-order valence-electron chi connectivity index (χ3n) is 3.67. The Bertz CT molecular complexity index is 895. The van der Waals surface area contributed by atoms with Crippen LogP contribution in [0.25, 0.3) is 6.08 Å². The lowest BCUT2D eigenvalue weighted by molar-refractivity contribution is 0.101. The molecule has 0 unspecified atom stereocenters. The second kappa shape index (κ2) is 6.97. The molecule has 0 radical (unpaired) electrons. The van der Waals surface area contributed by atoms with Gasteiger partial charge in [0, 0.05) is 17.7 Å². The molecule has 3 rings (SSSR count). The van der Waals surface area contributed by atoms with Crippen LogP contribution in [0.15, 0.2) is 42.2 Å². The first-order valence-corrected chi connectivity index (χ1v) is 7.46. The molecule has 0 bridgehead atoms. The number of ether oxygens (including phenoxy) is 4. The van der Waals surface area contributed by atoms with Gasteiger partial charge in [0.25, 0.3) is 0 Å². The van der Waals surface area contributed by atoms with Gasteiger partial charge < -0.3 is 18.9 Å². The van der Waals surface area contributed by atoms with Crippen molar-refractivity contribution in [1.29, 1.82) is 5.26 Å². The first kappa shape index (κ1) is 16.4. The molecule has 1 heterocycles. The standard InChI is InChI=1S/C19H15NO5/c1-22-13-4-3-12(16(10-13)23-2)9-18-19(21)15-6-5-14(24-8-7-20)11-17(15)25-18/h3-6,9-11H,8H2,1-2H3/b18-9+. The highest BCUT2D eigenvalue weighted by Crippen LogP contribution is 2.36. The Morgan fingerprint density at radius 3 is 2.64 bits per heavy atom. The van der Waals surface area contributed by atoms with Gasteiger partial charge in [-0.25, -0.2) is 0 Å². The number of hydrogen-bond acceptors (Lipinski definition) is 6. The highest BCUT2D eigenvalue weighted by Gasteiger charge is 2.28. The van der Waals surface area contributed by atoms with E-state index in [0.29, 0.717) is 34.1 Å². The Labute approximate surface area is 144 Å². The number of allylic oxidation sites excluding steroid dienone is 1. The quantitative estimate of drug-likeness (QED) is 0.780. The third kappa shape index (κ3) is 3.26. The van der Waals surface area contributed by atoms with Crippen molar-refractivity contribution in [2.24, 2.45) is 0 Å². The zero-order valence-corrected chi connectivity index (χ0v) is 13.7. The van der Waals surface area contributed by atoms with Gasteiger partial charge in [-0.3, -0.25) is 4.79 Å². The highest BCUT2D eigenvalue weighted by molar-refractivity contribution is 6.14. The van der Waals surface area contributed by atoms with Gasteiger partial charge in [0.1, 0.15) is 29.1 Å². The van der Waals surface area contributed by atoms with Crippen LogP contribution in [-0.4, -0.2) is 26.6 Å². The molecule has 25 heavy (non-hydrogen) atoms. The molecular formula is C19H15NO5. The number of rotatable bonds is 5. The number of hydrogen-bond donors (Lipinski definition) is 0. The number of fused-ring (bicyclic) bond motifs is 1. The molecule has 6 heteroatoms. The third-order valence-corrected chi connectivity index (χ3v) is 3.67. The molecule has 1 aliphatic rings. The summed E-state index contributed by atoms with van der Waals surface area (Å²) in [6, 6.07) is 12.0. The van der Waals surface area contributed by atoms with E-state index in [-0.39, 0.29) is 18.1 Å². The Morgan fingerprint density at radius 1 is 1.12 bits per heavy atom. The zero-order valence-electron chi connectivity index (χ0n) is 13.7. The van der Waals surface area contributed by atoms with Crippen molar-refractivity contribution in [1.82, 2.24) is 0 Å². The van der Waals surface area contributed by atoms with E-state index < -0.39 is 0 Å². The minimum atomic E-state index is -0.222. The van der Waals surface area contributed by atoms with Crippen molar-refractivity contribution in [3.8, 4) is 29.1 Å². The average molecular weight is 337 g/mol. The molecule has 2 aromatic carbocycles. The number of nitriles is 1. The predicted octanol–water partition coefficient (Wildman–Crippen LogP) is 3.22. The number of carbonyl (C=O) groups is 1. The van der Waals surface area contributed by atoms with Gasteiger partial charge in [0.2, 0.25) is 5.78 Å². The van der Waals surface area contributed by atoms with Crippen LogP contribution < -0.4 is 18.9 Å². The fraction of sp³-hybridized carbons (Fsp3) is 0.158. The summed E-state index contributed by atoms with van der Waals surface area (Å²) in [6.45, 7) is -0.0710. The first-order chi connectivity index (χ1) is 12.2. The number of carbonyl (C=O) groups excluding carboxylic acids is 1. The fourth-order valence-corrected chi connectivity index (χ4v) is 2.45. The Hall–Kier alpha value is -3.46. The summed E-state index contributed by atoms with van der Waals surface area (Å²) in [4.78, 5) is 12.5. The molecule has 0 atom stereocenters. The number of Topliss-reactive ketones (excluding diaryl/α,β-unsaturated/α-hetero) is 1. The molecule has 0 amide bonds. The van der Waals surface area contributed by atoms with Crippen LogP contribution in [-0.2, 0) is 0 Å². The summed E-state index contributed by atoms with van der Waals surface area (Å²) in [5, 5.41) is 8.57. The van der Waals surface area contributed by atoms with Gasteiger partial charge in [0.15, 0.2) is 12.4 Å². The summed E-state index contributed by atoms with van der Waals surface area (Å²) in [5.41, 5.74) is 1.14. The zero-order chi connectivity index (χ0) is 17.8. The van der Waals surface area contributed by atoms with E-state index in [9.17, 15) is 4.79 Å². The van der Waals surface area contributed by atoms with E-state index in [4.69, 9.17) is 24.2 Å². The van der Waals surface area contributed by atoms with Crippen LogP contribution in [0.2, 0.25) is 0 Å². The van der Waals surface area contributed by atoms with E-state index >= 15 is 0 Å². The molecule has 0 saturated carbocycles. The Morgan fingerprint density at radius 2 is 1.92 bits per heavy atom. The normalized spacial score (nSPS) is 13.8. The molecule has 0 N–H and O–H groups in total. The maximum Gasteiger partial charge on any atom is 0.231 e. The minimum Gasteiger partial charge on any atom is -0.497 e. The van der Waals surface area contributed by atoms with Gasteiger partial charge in [-0.2, -0.15) is 5.26 Å². The molecule has 0 fully saturated rings. The van der Waals surface area contributed by atoms with Crippen LogP contribution in [0, 0.1) is 11.3 Å². The summed E-state index contributed by atoms with van der Waals surface area (Å²) >= 11 is 0. The Kier molecular flexibility index (Phi) is 4.57. The Balaban J connectivity index is 1.91. The molecule has 0 aromatic heterocycles. The van der Waals surface area contributed by atoms with E-state index in [1.54, 1.807) is 56.7 Å². The number of methoxy groups -OCH3 is 2. The lowest BCUT2D eigenvalue weighted by atomic mass is 10.1. The van der Waals surface area contributed by atoms with Crippen LogP contribution in [0.5, 0.6) is 23.0 Å². The second-order valence-corrected chi connectivity index (χ2v) is 5.15. The largest absolute Gasteiger partial charge is 0.497 e. The second-order valence-electron chi connectivity index (χ2n) is 5.15. The highest BCUT2D eigenvalue weighted by atomic mass is 16.5. The number of benzene rings is 2. The fourth-order valence-electron chi connectivity index (χ4n) is 2.45. The van der Waals surface area contributed by atoms with Crippen molar-refractivity contribution in [2.45, 2.75) is 0 Å². The molecule has 126 valence electrons. The molecule has 1 aliphatic heterocycles. The van der Waals surface area contributed by atoms with Crippen molar-refractivity contribution in [2.75, 3.05) is 20.8 Å². The summed E-state index contributed by atoms with van der Waals surface area (Å²) in [7, 11) is 3.11. The molecule has 0 spiro atoms. The van der Waals surface area contributed by atoms with Crippen LogP contribution in [0.3, 0.4) is 0 Å². The first-order valence-electron chi connectivity index (χ1n) is 7.46. The van der Waals surface area contributed by atoms with Gasteiger partial charge in [-0.05, 0) is 30.3 Å². The van der Waals surface area contributed by atoms with Crippen LogP contribution in [0.4, 0.5) is 0 Å². The summed E-state index contributed by atoms with van der Waals surface area (Å²) in [5.74, 6) is 2.06. The average Bonchev–Trinajstić information content (AvgIpc) is 2.95. The SMILES string of the molecule is COc1ccc(/C=C2/Oc3cc(OCC#N)ccc3C2=O)c(OC)c1. The summed E-state index contributed by atoms with van der Waals surface area (Å²) in [6.07, 6.45) is 1.62.